The first-order chi connectivity index (χ1) is 9.63. The molecular weight excluding hydrogens is 310 g/mol. The van der Waals surface area contributed by atoms with Crippen LogP contribution < -0.4 is 5.32 Å². The Hall–Kier alpha value is -0.500. The summed E-state index contributed by atoms with van der Waals surface area (Å²) >= 11 is 3.67. The van der Waals surface area contributed by atoms with Crippen LogP contribution in [0.4, 0.5) is 5.69 Å². The van der Waals surface area contributed by atoms with Crippen molar-refractivity contribution >= 4 is 21.6 Å². The lowest BCUT2D eigenvalue weighted by Crippen LogP contribution is -2.33. The zero-order chi connectivity index (χ0) is 13.9. The number of anilines is 1. The number of halogens is 1. The monoisotopic (exact) mass is 333 g/mol. The maximum absolute atomic E-state index is 3.87. The third-order valence-electron chi connectivity index (χ3n) is 6.22. The van der Waals surface area contributed by atoms with Gasteiger partial charge in [0, 0.05) is 16.2 Å². The Bertz CT molecular complexity index is 515. The molecule has 2 bridgehead atoms. The zero-order valence-electron chi connectivity index (χ0n) is 12.5. The molecule has 1 N–H and O–H groups in total. The summed E-state index contributed by atoms with van der Waals surface area (Å²) in [5, 5.41) is 3.87. The van der Waals surface area contributed by atoms with Gasteiger partial charge in [-0.3, -0.25) is 0 Å². The van der Waals surface area contributed by atoms with Crippen molar-refractivity contribution in [1.82, 2.24) is 0 Å². The Morgan fingerprint density at radius 3 is 2.45 bits per heavy atom. The molecule has 0 radical (unpaired) electrons. The predicted molar refractivity (Wildman–Crippen MR) is 88.1 cm³/mol. The Morgan fingerprint density at radius 2 is 1.70 bits per heavy atom. The summed E-state index contributed by atoms with van der Waals surface area (Å²) in [5.41, 5.74) is 4.01. The molecule has 4 rings (SSSR count). The van der Waals surface area contributed by atoms with Gasteiger partial charge in [-0.15, -0.1) is 0 Å². The second-order valence-corrected chi connectivity index (χ2v) is 8.12. The molecule has 2 heteroatoms. The predicted octanol–water partition coefficient (Wildman–Crippen LogP) is 5.30. The van der Waals surface area contributed by atoms with Crippen LogP contribution in [0, 0.1) is 37.5 Å². The Morgan fingerprint density at radius 1 is 1.00 bits per heavy atom. The molecule has 3 fully saturated rings. The lowest BCUT2D eigenvalue weighted by atomic mass is 9.79. The molecule has 1 aromatic carbocycles. The van der Waals surface area contributed by atoms with E-state index < -0.39 is 0 Å². The summed E-state index contributed by atoms with van der Waals surface area (Å²) < 4.78 is 1.26. The number of nitrogens with one attached hydrogen (secondary N) is 1. The molecular formula is C18H24BrN. The van der Waals surface area contributed by atoms with Crippen LogP contribution in [0.25, 0.3) is 0 Å². The van der Waals surface area contributed by atoms with Gasteiger partial charge in [-0.05, 0) is 86.5 Å². The standard InChI is InChI=1S/C18H24BrN/c1-10-6-13(7-11(2)18(10)19)20-17-9-12-8-16(17)15-5-3-4-14(12)15/h6-7,12,14-17,20H,3-5,8-9H2,1-2H3. The molecule has 0 saturated heterocycles. The minimum absolute atomic E-state index is 0.735. The highest BCUT2D eigenvalue weighted by Crippen LogP contribution is 2.59. The van der Waals surface area contributed by atoms with E-state index in [1.165, 1.54) is 53.4 Å². The fraction of sp³-hybridized carbons (Fsp3) is 0.667. The number of aryl methyl sites for hydroxylation is 2. The van der Waals surface area contributed by atoms with Crippen LogP contribution in [0.3, 0.4) is 0 Å². The van der Waals surface area contributed by atoms with Crippen LogP contribution in [0.15, 0.2) is 16.6 Å². The average molecular weight is 334 g/mol. The van der Waals surface area contributed by atoms with Crippen LogP contribution in [-0.2, 0) is 0 Å². The van der Waals surface area contributed by atoms with Crippen molar-refractivity contribution in [1.29, 1.82) is 0 Å². The van der Waals surface area contributed by atoms with Crippen LogP contribution in [-0.4, -0.2) is 6.04 Å². The minimum atomic E-state index is 0.735. The maximum Gasteiger partial charge on any atom is 0.0348 e. The third kappa shape index (κ3) is 1.94. The number of hydrogen-bond acceptors (Lipinski definition) is 1. The topological polar surface area (TPSA) is 12.0 Å². The van der Waals surface area contributed by atoms with Crippen LogP contribution in [0.2, 0.25) is 0 Å². The summed E-state index contributed by atoms with van der Waals surface area (Å²) in [6.07, 6.45) is 7.44. The molecule has 1 aromatic rings. The van der Waals surface area contributed by atoms with Crippen molar-refractivity contribution in [3.8, 4) is 0 Å². The number of benzene rings is 1. The van der Waals surface area contributed by atoms with Gasteiger partial charge in [-0.25, -0.2) is 0 Å². The van der Waals surface area contributed by atoms with Gasteiger partial charge < -0.3 is 5.32 Å². The van der Waals surface area contributed by atoms with E-state index >= 15 is 0 Å². The molecule has 1 nitrogen and oxygen atoms in total. The van der Waals surface area contributed by atoms with E-state index in [9.17, 15) is 0 Å². The molecule has 0 spiro atoms. The summed E-state index contributed by atoms with van der Waals surface area (Å²) in [7, 11) is 0. The number of rotatable bonds is 2. The van der Waals surface area contributed by atoms with E-state index in [4.69, 9.17) is 0 Å². The highest BCUT2D eigenvalue weighted by molar-refractivity contribution is 9.10. The first-order valence-corrected chi connectivity index (χ1v) is 8.96. The molecule has 5 unspecified atom stereocenters. The first-order valence-electron chi connectivity index (χ1n) is 8.17. The van der Waals surface area contributed by atoms with Crippen molar-refractivity contribution in [2.75, 3.05) is 5.32 Å². The quantitative estimate of drug-likeness (QED) is 0.773. The first kappa shape index (κ1) is 13.2. The van der Waals surface area contributed by atoms with Crippen molar-refractivity contribution < 1.29 is 0 Å². The van der Waals surface area contributed by atoms with Crippen molar-refractivity contribution in [2.24, 2.45) is 23.7 Å². The molecule has 0 aromatic heterocycles. The van der Waals surface area contributed by atoms with Gasteiger partial charge in [0.2, 0.25) is 0 Å². The van der Waals surface area contributed by atoms with Gasteiger partial charge in [0.15, 0.2) is 0 Å². The summed E-state index contributed by atoms with van der Waals surface area (Å²) in [5.74, 6) is 4.12. The molecule has 3 saturated carbocycles. The van der Waals surface area contributed by atoms with E-state index in [1.807, 2.05) is 0 Å². The van der Waals surface area contributed by atoms with Gasteiger partial charge in [-0.2, -0.15) is 0 Å². The fourth-order valence-corrected chi connectivity index (χ4v) is 5.71. The largest absolute Gasteiger partial charge is 0.382 e. The molecule has 108 valence electrons. The minimum Gasteiger partial charge on any atom is -0.382 e. The molecule has 0 heterocycles. The summed E-state index contributed by atoms with van der Waals surface area (Å²) in [6, 6.07) is 5.34. The number of hydrogen-bond donors (Lipinski definition) is 1. The van der Waals surface area contributed by atoms with Gasteiger partial charge in [0.25, 0.3) is 0 Å². The third-order valence-corrected chi connectivity index (χ3v) is 7.47. The zero-order valence-corrected chi connectivity index (χ0v) is 14.0. The summed E-state index contributed by atoms with van der Waals surface area (Å²) in [4.78, 5) is 0. The van der Waals surface area contributed by atoms with Crippen molar-refractivity contribution in [3.05, 3.63) is 27.7 Å². The van der Waals surface area contributed by atoms with E-state index in [0.717, 1.165) is 29.7 Å². The van der Waals surface area contributed by atoms with Crippen LogP contribution >= 0.6 is 15.9 Å². The molecule has 0 amide bonds. The number of fused-ring (bicyclic) bond motifs is 5. The van der Waals surface area contributed by atoms with Gasteiger partial charge in [0.05, 0.1) is 0 Å². The lowest BCUT2D eigenvalue weighted by Gasteiger charge is -2.33. The van der Waals surface area contributed by atoms with Crippen molar-refractivity contribution in [3.63, 3.8) is 0 Å². The van der Waals surface area contributed by atoms with Crippen molar-refractivity contribution in [2.45, 2.75) is 52.0 Å². The second kappa shape index (κ2) is 4.76. The van der Waals surface area contributed by atoms with E-state index in [-0.39, 0.29) is 0 Å². The molecule has 5 atom stereocenters. The van der Waals surface area contributed by atoms with Gasteiger partial charge in [0.1, 0.15) is 0 Å². The lowest BCUT2D eigenvalue weighted by molar-refractivity contribution is 0.243. The van der Waals surface area contributed by atoms with E-state index in [0.29, 0.717) is 0 Å². The van der Waals surface area contributed by atoms with Gasteiger partial charge >= 0.3 is 0 Å². The Balaban J connectivity index is 1.53. The van der Waals surface area contributed by atoms with Gasteiger partial charge in [-0.1, -0.05) is 22.4 Å². The molecule has 3 aliphatic rings. The highest BCUT2D eigenvalue weighted by atomic mass is 79.9. The Labute approximate surface area is 130 Å². The van der Waals surface area contributed by atoms with Crippen LogP contribution in [0.5, 0.6) is 0 Å². The van der Waals surface area contributed by atoms with E-state index in [2.05, 4.69) is 47.2 Å². The Kier molecular flexibility index (Phi) is 3.14. The second-order valence-electron chi connectivity index (χ2n) is 7.33. The smallest absolute Gasteiger partial charge is 0.0348 e. The molecule has 3 aliphatic carbocycles. The molecule has 0 aliphatic heterocycles. The SMILES string of the molecule is Cc1cc(NC2CC3CC2C2CCCC32)cc(C)c1Br. The van der Waals surface area contributed by atoms with E-state index in [1.54, 1.807) is 0 Å². The average Bonchev–Trinajstić information content (AvgIpc) is 3.07. The fourth-order valence-electron chi connectivity index (χ4n) is 5.48. The maximum atomic E-state index is 3.87. The summed E-state index contributed by atoms with van der Waals surface area (Å²) in [6.45, 7) is 4.38. The normalized spacial score (nSPS) is 38.2. The van der Waals surface area contributed by atoms with Crippen LogP contribution in [0.1, 0.15) is 43.2 Å². The highest BCUT2D eigenvalue weighted by Gasteiger charge is 2.53. The molecule has 20 heavy (non-hydrogen) atoms.